The minimum absolute atomic E-state index is 0.234. The maximum Gasteiger partial charge on any atom is 0.322 e. The predicted octanol–water partition coefficient (Wildman–Crippen LogP) is -0.479. The third kappa shape index (κ3) is 20.1. The van der Waals surface area contributed by atoms with Gasteiger partial charge < -0.3 is 31.5 Å². The molecule has 4 amide bonds. The molecular formula is C20H34N4O8. The van der Waals surface area contributed by atoms with Crippen LogP contribution in [0.2, 0.25) is 0 Å². The summed E-state index contributed by atoms with van der Waals surface area (Å²) in [4.78, 5) is 66.4. The SMILES string of the molecule is O=C(O)CNC(=O)CNC(=O)CCCCCCCCCCC(=O)NCC(=O)NCC(=O)O. The van der Waals surface area contributed by atoms with E-state index >= 15 is 0 Å². The molecule has 0 aliphatic rings. The van der Waals surface area contributed by atoms with E-state index in [1.807, 2.05) is 0 Å². The van der Waals surface area contributed by atoms with E-state index < -0.39 is 36.8 Å². The Balaban J connectivity index is 3.46. The number of rotatable bonds is 19. The minimum atomic E-state index is -1.15. The van der Waals surface area contributed by atoms with Crippen LogP contribution in [0.15, 0.2) is 0 Å². The van der Waals surface area contributed by atoms with Crippen LogP contribution in [-0.2, 0) is 28.8 Å². The van der Waals surface area contributed by atoms with Crippen molar-refractivity contribution in [1.29, 1.82) is 0 Å². The highest BCUT2D eigenvalue weighted by molar-refractivity contribution is 5.87. The fourth-order valence-corrected chi connectivity index (χ4v) is 2.64. The summed E-state index contributed by atoms with van der Waals surface area (Å²) in [5.41, 5.74) is 0. The average Bonchev–Trinajstić information content (AvgIpc) is 2.74. The Bertz CT molecular complexity index is 585. The zero-order chi connectivity index (χ0) is 24.2. The maximum atomic E-state index is 11.6. The van der Waals surface area contributed by atoms with Gasteiger partial charge in [0, 0.05) is 12.8 Å². The van der Waals surface area contributed by atoms with Crippen molar-refractivity contribution in [2.75, 3.05) is 26.2 Å². The number of nitrogens with one attached hydrogen (secondary N) is 4. The molecule has 0 aromatic carbocycles. The molecule has 0 radical (unpaired) electrons. The Morgan fingerprint density at radius 2 is 0.688 bits per heavy atom. The standard InChI is InChI=1S/C20H34N4O8/c25-15(21-11-17(27)23-13-19(29)30)9-7-5-3-1-2-4-6-8-10-16(26)22-12-18(28)24-14-20(31)32/h1-14H2,(H,21,25)(H,22,26)(H,23,27)(H,24,28)(H,29,30)(H,31,32). The Morgan fingerprint density at radius 1 is 0.406 bits per heavy atom. The fourth-order valence-electron chi connectivity index (χ4n) is 2.64. The molecule has 0 saturated heterocycles. The van der Waals surface area contributed by atoms with Gasteiger partial charge in [-0.3, -0.25) is 28.8 Å². The third-order valence-electron chi connectivity index (χ3n) is 4.32. The molecule has 0 fully saturated rings. The number of carbonyl (C=O) groups is 6. The van der Waals surface area contributed by atoms with Crippen molar-refractivity contribution < 1.29 is 39.0 Å². The van der Waals surface area contributed by atoms with Crippen molar-refractivity contribution in [3.63, 3.8) is 0 Å². The quantitative estimate of drug-likeness (QED) is 0.140. The van der Waals surface area contributed by atoms with E-state index in [0.717, 1.165) is 38.5 Å². The molecule has 0 unspecified atom stereocenters. The van der Waals surface area contributed by atoms with E-state index in [1.54, 1.807) is 0 Å². The Kier molecular flexibility index (Phi) is 16.7. The summed E-state index contributed by atoms with van der Waals surface area (Å²) >= 11 is 0. The lowest BCUT2D eigenvalue weighted by molar-refractivity contribution is -0.138. The summed E-state index contributed by atoms with van der Waals surface area (Å²) in [6.45, 7) is -1.42. The molecule has 0 aromatic rings. The van der Waals surface area contributed by atoms with Gasteiger partial charge in [-0.2, -0.15) is 0 Å². The van der Waals surface area contributed by atoms with Crippen LogP contribution in [0, 0.1) is 0 Å². The fraction of sp³-hybridized carbons (Fsp3) is 0.700. The Hall–Kier alpha value is -3.18. The van der Waals surface area contributed by atoms with Gasteiger partial charge in [0.15, 0.2) is 0 Å². The zero-order valence-corrected chi connectivity index (χ0v) is 18.2. The lowest BCUT2D eigenvalue weighted by atomic mass is 10.1. The first-order valence-corrected chi connectivity index (χ1v) is 10.7. The van der Waals surface area contributed by atoms with E-state index in [0.29, 0.717) is 25.7 Å². The molecule has 0 aliphatic heterocycles. The molecule has 0 heterocycles. The molecule has 0 saturated carbocycles. The number of hydrogen-bond acceptors (Lipinski definition) is 6. The molecule has 12 heteroatoms. The second kappa shape index (κ2) is 18.6. The summed E-state index contributed by atoms with van der Waals surface area (Å²) in [5.74, 6) is -3.86. The lowest BCUT2D eigenvalue weighted by Gasteiger charge is -2.06. The maximum absolute atomic E-state index is 11.6. The van der Waals surface area contributed by atoms with Gasteiger partial charge >= 0.3 is 11.9 Å². The smallest absolute Gasteiger partial charge is 0.322 e. The van der Waals surface area contributed by atoms with E-state index in [2.05, 4.69) is 21.3 Å². The molecule has 0 bridgehead atoms. The van der Waals surface area contributed by atoms with Crippen LogP contribution in [0.25, 0.3) is 0 Å². The first-order valence-electron chi connectivity index (χ1n) is 10.7. The van der Waals surface area contributed by atoms with Crippen LogP contribution < -0.4 is 21.3 Å². The number of carbonyl (C=O) groups excluding carboxylic acids is 4. The normalized spacial score (nSPS) is 10.1. The highest BCUT2D eigenvalue weighted by Crippen LogP contribution is 2.10. The molecule has 12 nitrogen and oxygen atoms in total. The summed E-state index contributed by atoms with van der Waals surface area (Å²) in [5, 5.41) is 26.1. The van der Waals surface area contributed by atoms with E-state index in [1.165, 1.54) is 0 Å². The van der Waals surface area contributed by atoms with Crippen LogP contribution >= 0.6 is 0 Å². The van der Waals surface area contributed by atoms with Gasteiger partial charge in [0.1, 0.15) is 13.1 Å². The summed E-state index contributed by atoms with van der Waals surface area (Å²) in [6, 6.07) is 0. The summed E-state index contributed by atoms with van der Waals surface area (Å²) < 4.78 is 0. The van der Waals surface area contributed by atoms with Gasteiger partial charge in [0.05, 0.1) is 13.1 Å². The summed E-state index contributed by atoms with van der Waals surface area (Å²) in [7, 11) is 0. The molecule has 6 N–H and O–H groups in total. The van der Waals surface area contributed by atoms with Crippen LogP contribution in [0.5, 0.6) is 0 Å². The molecule has 0 atom stereocenters. The van der Waals surface area contributed by atoms with Gasteiger partial charge in [-0.15, -0.1) is 0 Å². The van der Waals surface area contributed by atoms with Crippen molar-refractivity contribution in [2.45, 2.75) is 64.2 Å². The largest absolute Gasteiger partial charge is 0.480 e. The number of unbranched alkanes of at least 4 members (excludes halogenated alkanes) is 7. The van der Waals surface area contributed by atoms with Gasteiger partial charge in [-0.05, 0) is 12.8 Å². The number of hydrogen-bond donors (Lipinski definition) is 6. The minimum Gasteiger partial charge on any atom is -0.480 e. The number of aliphatic carboxylic acids is 2. The molecule has 0 aromatic heterocycles. The lowest BCUT2D eigenvalue weighted by Crippen LogP contribution is -2.38. The van der Waals surface area contributed by atoms with Crippen LogP contribution in [0.3, 0.4) is 0 Å². The molecule has 32 heavy (non-hydrogen) atoms. The van der Waals surface area contributed by atoms with Crippen LogP contribution in [-0.4, -0.2) is 72.0 Å². The zero-order valence-electron chi connectivity index (χ0n) is 18.2. The van der Waals surface area contributed by atoms with Crippen LogP contribution in [0.1, 0.15) is 64.2 Å². The van der Waals surface area contributed by atoms with E-state index in [9.17, 15) is 28.8 Å². The van der Waals surface area contributed by atoms with E-state index in [-0.39, 0.29) is 24.9 Å². The molecule has 182 valence electrons. The first-order chi connectivity index (χ1) is 15.2. The number of carboxylic acids is 2. The Morgan fingerprint density at radius 3 is 1.00 bits per heavy atom. The van der Waals surface area contributed by atoms with E-state index in [4.69, 9.17) is 10.2 Å². The first kappa shape index (κ1) is 28.8. The highest BCUT2D eigenvalue weighted by Gasteiger charge is 2.08. The van der Waals surface area contributed by atoms with Crippen molar-refractivity contribution in [2.24, 2.45) is 0 Å². The second-order valence-electron chi connectivity index (χ2n) is 7.22. The summed E-state index contributed by atoms with van der Waals surface area (Å²) in [6.07, 6.45) is 7.85. The van der Waals surface area contributed by atoms with Crippen molar-refractivity contribution in [3.05, 3.63) is 0 Å². The molecular weight excluding hydrogens is 424 g/mol. The predicted molar refractivity (Wildman–Crippen MR) is 113 cm³/mol. The molecule has 0 aliphatic carbocycles. The van der Waals surface area contributed by atoms with Gasteiger partial charge in [-0.1, -0.05) is 38.5 Å². The highest BCUT2D eigenvalue weighted by atomic mass is 16.4. The topological polar surface area (TPSA) is 191 Å². The van der Waals surface area contributed by atoms with Gasteiger partial charge in [-0.25, -0.2) is 0 Å². The second-order valence-corrected chi connectivity index (χ2v) is 7.22. The number of carboxylic acid groups (broad SMARTS) is 2. The Labute approximate surface area is 186 Å². The van der Waals surface area contributed by atoms with Gasteiger partial charge in [0.2, 0.25) is 23.6 Å². The van der Waals surface area contributed by atoms with Crippen molar-refractivity contribution >= 4 is 35.6 Å². The third-order valence-corrected chi connectivity index (χ3v) is 4.32. The number of amides is 4. The molecule has 0 spiro atoms. The monoisotopic (exact) mass is 458 g/mol. The van der Waals surface area contributed by atoms with Crippen molar-refractivity contribution in [3.8, 4) is 0 Å². The van der Waals surface area contributed by atoms with Crippen molar-refractivity contribution in [1.82, 2.24) is 21.3 Å². The van der Waals surface area contributed by atoms with Crippen LogP contribution in [0.4, 0.5) is 0 Å². The average molecular weight is 459 g/mol. The molecule has 0 rings (SSSR count). The van der Waals surface area contributed by atoms with Gasteiger partial charge in [0.25, 0.3) is 0 Å².